The van der Waals surface area contributed by atoms with Gasteiger partial charge in [0.1, 0.15) is 0 Å². The first kappa shape index (κ1) is 14.4. The zero-order chi connectivity index (χ0) is 14.9. The van der Waals surface area contributed by atoms with Crippen LogP contribution in [-0.4, -0.2) is 37.2 Å². The molecule has 0 aliphatic carbocycles. The van der Waals surface area contributed by atoms with Crippen LogP contribution in [0.1, 0.15) is 30.4 Å². The van der Waals surface area contributed by atoms with Crippen LogP contribution in [0.25, 0.3) is 0 Å². The second-order valence-electron chi connectivity index (χ2n) is 6.58. The molecule has 2 aliphatic heterocycles. The molecule has 1 N–H and O–H groups in total. The molecule has 1 atom stereocenters. The Labute approximate surface area is 126 Å². The van der Waals surface area contributed by atoms with Gasteiger partial charge in [-0.1, -0.05) is 17.7 Å². The van der Waals surface area contributed by atoms with E-state index in [0.29, 0.717) is 0 Å². The maximum absolute atomic E-state index is 12.5. The van der Waals surface area contributed by atoms with E-state index in [2.05, 4.69) is 18.3 Å². The average molecular weight is 288 g/mol. The number of carbonyl (C=O) groups excluding carboxylic acids is 1. The molecule has 0 saturated carbocycles. The topological polar surface area (TPSA) is 41.6 Å². The molecular formula is C17H24N2O2. The van der Waals surface area contributed by atoms with E-state index in [-0.39, 0.29) is 11.4 Å². The monoisotopic (exact) mass is 288 g/mol. The molecule has 1 aromatic rings. The van der Waals surface area contributed by atoms with Crippen LogP contribution in [-0.2, 0) is 4.74 Å². The second-order valence-corrected chi connectivity index (χ2v) is 6.58. The van der Waals surface area contributed by atoms with E-state index < -0.39 is 0 Å². The highest BCUT2D eigenvalue weighted by Gasteiger charge is 2.40. The number of hydrogen-bond donors (Lipinski definition) is 1. The summed E-state index contributed by atoms with van der Waals surface area (Å²) in [4.78, 5) is 14.5. The van der Waals surface area contributed by atoms with Crippen LogP contribution in [0, 0.1) is 19.3 Å². The van der Waals surface area contributed by atoms with Gasteiger partial charge in [-0.25, -0.2) is 4.79 Å². The highest BCUT2D eigenvalue weighted by Crippen LogP contribution is 2.37. The number of anilines is 1. The molecule has 2 heterocycles. The molecular weight excluding hydrogens is 264 g/mol. The smallest absolute Gasteiger partial charge is 0.321 e. The summed E-state index contributed by atoms with van der Waals surface area (Å²) >= 11 is 0. The van der Waals surface area contributed by atoms with Crippen LogP contribution in [0.2, 0.25) is 0 Å². The predicted molar refractivity (Wildman–Crippen MR) is 83.6 cm³/mol. The van der Waals surface area contributed by atoms with E-state index in [9.17, 15) is 4.79 Å². The van der Waals surface area contributed by atoms with Gasteiger partial charge in [0.25, 0.3) is 0 Å². The molecule has 21 heavy (non-hydrogen) atoms. The summed E-state index contributed by atoms with van der Waals surface area (Å²) < 4.78 is 5.56. The van der Waals surface area contributed by atoms with E-state index >= 15 is 0 Å². The van der Waals surface area contributed by atoms with Gasteiger partial charge in [-0.3, -0.25) is 0 Å². The Hall–Kier alpha value is -1.55. The molecule has 1 spiro atoms. The number of amides is 2. The molecule has 1 aromatic carbocycles. The largest absolute Gasteiger partial charge is 0.381 e. The molecule has 0 radical (unpaired) electrons. The highest BCUT2D eigenvalue weighted by atomic mass is 16.5. The number of carbonyl (C=O) groups is 1. The molecule has 114 valence electrons. The number of hydrogen-bond acceptors (Lipinski definition) is 2. The third-order valence-corrected chi connectivity index (χ3v) is 4.76. The number of likely N-dealkylation sites (tertiary alicyclic amines) is 1. The van der Waals surface area contributed by atoms with E-state index in [1.54, 1.807) is 0 Å². The lowest BCUT2D eigenvalue weighted by atomic mass is 9.79. The molecule has 2 saturated heterocycles. The van der Waals surface area contributed by atoms with E-state index in [4.69, 9.17) is 4.74 Å². The normalized spacial score (nSPS) is 25.3. The van der Waals surface area contributed by atoms with Gasteiger partial charge in [0.2, 0.25) is 0 Å². The first-order valence-corrected chi connectivity index (χ1v) is 7.79. The summed E-state index contributed by atoms with van der Waals surface area (Å²) in [7, 11) is 0. The standard InChI is InChI=1S/C17H24N2O2/c1-13-4-5-15(14(2)10-13)18-16(20)19-8-3-6-17(11-19)7-9-21-12-17/h4-5,10H,3,6-9,11-12H2,1-2H3,(H,18,20). The van der Waals surface area contributed by atoms with Gasteiger partial charge in [-0.2, -0.15) is 0 Å². The van der Waals surface area contributed by atoms with Gasteiger partial charge in [0, 0.05) is 30.8 Å². The van der Waals surface area contributed by atoms with Crippen molar-refractivity contribution in [2.75, 3.05) is 31.6 Å². The number of nitrogens with one attached hydrogen (secondary N) is 1. The van der Waals surface area contributed by atoms with Crippen LogP contribution in [0.15, 0.2) is 18.2 Å². The molecule has 0 aromatic heterocycles. The average Bonchev–Trinajstić information content (AvgIpc) is 2.90. The summed E-state index contributed by atoms with van der Waals surface area (Å²) in [6, 6.07) is 6.14. The number of benzene rings is 1. The molecule has 2 amide bonds. The van der Waals surface area contributed by atoms with Crippen LogP contribution in [0.3, 0.4) is 0 Å². The molecule has 1 unspecified atom stereocenters. The fraction of sp³-hybridized carbons (Fsp3) is 0.588. The van der Waals surface area contributed by atoms with Gasteiger partial charge in [0.15, 0.2) is 0 Å². The number of piperidine rings is 1. The number of urea groups is 1. The van der Waals surface area contributed by atoms with Crippen molar-refractivity contribution in [3.8, 4) is 0 Å². The Bertz CT molecular complexity index is 536. The highest BCUT2D eigenvalue weighted by molar-refractivity contribution is 5.90. The molecule has 4 heteroatoms. The molecule has 4 nitrogen and oxygen atoms in total. The predicted octanol–water partition coefficient (Wildman–Crippen LogP) is 3.34. The SMILES string of the molecule is Cc1ccc(NC(=O)N2CCCC3(CCOC3)C2)c(C)c1. The fourth-order valence-electron chi connectivity index (χ4n) is 3.50. The van der Waals surface area contributed by atoms with Crippen molar-refractivity contribution in [1.29, 1.82) is 0 Å². The lowest BCUT2D eigenvalue weighted by molar-refractivity contribution is 0.0867. The Morgan fingerprint density at radius 1 is 1.33 bits per heavy atom. The van der Waals surface area contributed by atoms with E-state index in [1.165, 1.54) is 12.0 Å². The molecule has 2 fully saturated rings. The van der Waals surface area contributed by atoms with Crippen molar-refractivity contribution in [1.82, 2.24) is 4.90 Å². The Balaban J connectivity index is 1.67. The minimum absolute atomic E-state index is 0.0212. The van der Waals surface area contributed by atoms with Crippen LogP contribution < -0.4 is 5.32 Å². The number of aryl methyl sites for hydroxylation is 2. The van der Waals surface area contributed by atoms with Crippen LogP contribution >= 0.6 is 0 Å². The quantitative estimate of drug-likeness (QED) is 0.861. The second kappa shape index (κ2) is 5.68. The van der Waals surface area contributed by atoms with Crippen molar-refractivity contribution in [3.05, 3.63) is 29.3 Å². The lowest BCUT2D eigenvalue weighted by Gasteiger charge is -2.39. The van der Waals surface area contributed by atoms with E-state index in [0.717, 1.165) is 50.4 Å². The summed E-state index contributed by atoms with van der Waals surface area (Å²) in [5.41, 5.74) is 3.44. The van der Waals surface area contributed by atoms with Gasteiger partial charge in [0.05, 0.1) is 6.61 Å². The minimum Gasteiger partial charge on any atom is -0.381 e. The van der Waals surface area contributed by atoms with Crippen LogP contribution in [0.5, 0.6) is 0 Å². The summed E-state index contributed by atoms with van der Waals surface area (Å²) in [6.45, 7) is 7.41. The Morgan fingerprint density at radius 2 is 2.19 bits per heavy atom. The molecule has 0 bridgehead atoms. The summed E-state index contributed by atoms with van der Waals surface area (Å²) in [6.07, 6.45) is 3.34. The Kier molecular flexibility index (Phi) is 3.89. The molecule has 2 aliphatic rings. The van der Waals surface area contributed by atoms with Crippen molar-refractivity contribution < 1.29 is 9.53 Å². The number of ether oxygens (including phenoxy) is 1. The summed E-state index contributed by atoms with van der Waals surface area (Å²) in [5, 5.41) is 3.06. The van der Waals surface area contributed by atoms with Crippen LogP contribution in [0.4, 0.5) is 10.5 Å². The number of nitrogens with zero attached hydrogens (tertiary/aromatic N) is 1. The zero-order valence-corrected chi connectivity index (χ0v) is 12.9. The summed E-state index contributed by atoms with van der Waals surface area (Å²) in [5.74, 6) is 0. The van der Waals surface area contributed by atoms with Crippen molar-refractivity contribution >= 4 is 11.7 Å². The molecule has 3 rings (SSSR count). The van der Waals surface area contributed by atoms with Gasteiger partial charge in [-0.15, -0.1) is 0 Å². The van der Waals surface area contributed by atoms with Gasteiger partial charge in [-0.05, 0) is 44.7 Å². The third-order valence-electron chi connectivity index (χ3n) is 4.76. The maximum Gasteiger partial charge on any atom is 0.321 e. The van der Waals surface area contributed by atoms with E-state index in [1.807, 2.05) is 24.0 Å². The third kappa shape index (κ3) is 3.05. The maximum atomic E-state index is 12.5. The minimum atomic E-state index is 0.0212. The first-order valence-electron chi connectivity index (χ1n) is 7.79. The fourth-order valence-corrected chi connectivity index (χ4v) is 3.50. The van der Waals surface area contributed by atoms with Gasteiger partial charge < -0.3 is 15.0 Å². The first-order chi connectivity index (χ1) is 10.1. The van der Waals surface area contributed by atoms with Crippen molar-refractivity contribution in [2.24, 2.45) is 5.41 Å². The number of rotatable bonds is 1. The van der Waals surface area contributed by atoms with Gasteiger partial charge >= 0.3 is 6.03 Å². The van der Waals surface area contributed by atoms with Crippen molar-refractivity contribution in [3.63, 3.8) is 0 Å². The lowest BCUT2D eigenvalue weighted by Crippen LogP contribution is -2.48. The Morgan fingerprint density at radius 3 is 2.90 bits per heavy atom. The van der Waals surface area contributed by atoms with Crippen molar-refractivity contribution in [2.45, 2.75) is 33.1 Å². The zero-order valence-electron chi connectivity index (χ0n) is 12.9.